The van der Waals surface area contributed by atoms with E-state index in [0.29, 0.717) is 0 Å². The maximum absolute atomic E-state index is 8.35. The number of nitriles is 2. The van der Waals surface area contributed by atoms with E-state index < -0.39 is 10.2 Å². The van der Waals surface area contributed by atoms with E-state index in [4.69, 9.17) is 52.6 Å². The fourth-order valence-electron chi connectivity index (χ4n) is 2.51. The molecule has 2 aromatic carbocycles. The van der Waals surface area contributed by atoms with Crippen LogP contribution in [0.1, 0.15) is 0 Å². The Morgan fingerprint density at radius 1 is 0.757 bits per heavy atom. The maximum atomic E-state index is 8.35. The van der Waals surface area contributed by atoms with Crippen LogP contribution in [0.15, 0.2) is 70.9 Å². The zero-order valence-electron chi connectivity index (χ0n) is 18.2. The van der Waals surface area contributed by atoms with Crippen molar-refractivity contribution in [2.75, 3.05) is 0 Å². The Bertz CT molecular complexity index is 1360. The third kappa shape index (κ3) is 10.3. The van der Waals surface area contributed by atoms with Crippen LogP contribution in [0.4, 0.5) is 0 Å². The van der Waals surface area contributed by atoms with Gasteiger partial charge >= 0.3 is 0 Å². The summed E-state index contributed by atoms with van der Waals surface area (Å²) in [4.78, 5) is 23.3. The van der Waals surface area contributed by atoms with Crippen molar-refractivity contribution in [3.63, 3.8) is 0 Å². The SMILES string of the molecule is N#CN=C(N)n1ncc2ccccc21.N#CN=C(N)n1ncc2ccccc21.O=[N+]([O-])[O-].O=[N+]([O-])[O-].[Cu]. The van der Waals surface area contributed by atoms with Crippen LogP contribution in [0.25, 0.3) is 21.8 Å². The van der Waals surface area contributed by atoms with E-state index in [1.54, 1.807) is 24.8 Å². The summed E-state index contributed by atoms with van der Waals surface area (Å²) >= 11 is 0. The van der Waals surface area contributed by atoms with E-state index in [9.17, 15) is 0 Å². The van der Waals surface area contributed by atoms with Gasteiger partial charge in [-0.05, 0) is 12.1 Å². The van der Waals surface area contributed by atoms with Crippen molar-refractivity contribution in [1.82, 2.24) is 19.6 Å². The van der Waals surface area contributed by atoms with Gasteiger partial charge in [0.15, 0.2) is 0 Å². The number of aromatic nitrogens is 4. The van der Waals surface area contributed by atoms with Crippen LogP contribution in [0.3, 0.4) is 0 Å². The Hall–Kier alpha value is -5.78. The van der Waals surface area contributed by atoms with Gasteiger partial charge in [-0.3, -0.25) is 0 Å². The monoisotopic (exact) mass is 557 g/mol. The fraction of sp³-hybridized carbons (Fsp3) is 0. The van der Waals surface area contributed by atoms with Gasteiger partial charge in [0.2, 0.25) is 24.3 Å². The third-order valence-electron chi connectivity index (χ3n) is 3.72. The molecule has 37 heavy (non-hydrogen) atoms. The van der Waals surface area contributed by atoms with Crippen molar-refractivity contribution in [3.05, 3.63) is 91.6 Å². The predicted octanol–water partition coefficient (Wildman–Crippen LogP) is 0.880. The molecule has 0 atom stereocenters. The standard InChI is InChI=1S/2C9H7N5.Cu.2NO3/c2*10-6-12-9(11)14-8-4-2-1-3-7(8)5-13-14;;2*2-1(3)4/h2*1-5H,(H2,11,12);;;/q;;;2*-1. The molecular formula is C18H14CuN12O6-2. The Balaban J connectivity index is 0.000000535. The summed E-state index contributed by atoms with van der Waals surface area (Å²) in [5, 5.41) is 56.2. The fourth-order valence-corrected chi connectivity index (χ4v) is 2.51. The average molecular weight is 558 g/mol. The average Bonchev–Trinajstić information content (AvgIpc) is 3.44. The first-order chi connectivity index (χ1) is 17.1. The Kier molecular flexibility index (Phi) is 13.5. The molecule has 1 radical (unpaired) electrons. The number of fused-ring (bicyclic) bond motifs is 2. The third-order valence-corrected chi connectivity index (χ3v) is 3.72. The van der Waals surface area contributed by atoms with Gasteiger partial charge in [-0.25, -0.2) is 0 Å². The van der Waals surface area contributed by atoms with Crippen LogP contribution < -0.4 is 11.5 Å². The number of aliphatic imine (C=N–C) groups is 2. The van der Waals surface area contributed by atoms with E-state index in [-0.39, 0.29) is 29.0 Å². The van der Waals surface area contributed by atoms with Crippen LogP contribution in [-0.2, 0) is 17.1 Å². The van der Waals surface area contributed by atoms with Crippen molar-refractivity contribution in [1.29, 1.82) is 10.5 Å². The second-order valence-electron chi connectivity index (χ2n) is 5.82. The number of nitrogens with two attached hydrogens (primary N) is 2. The van der Waals surface area contributed by atoms with Gasteiger partial charge in [0.05, 0.1) is 33.6 Å². The molecule has 4 aromatic rings. The first kappa shape index (κ1) is 31.2. The number of para-hydroxylation sites is 2. The normalized spacial score (nSPS) is 10.0. The van der Waals surface area contributed by atoms with Crippen LogP contribution in [0.5, 0.6) is 0 Å². The van der Waals surface area contributed by atoms with Crippen molar-refractivity contribution in [2.24, 2.45) is 21.5 Å². The molecule has 2 heterocycles. The Labute approximate surface area is 216 Å². The number of nitrogens with zero attached hydrogens (tertiary/aromatic N) is 10. The number of rotatable bonds is 0. The predicted molar refractivity (Wildman–Crippen MR) is 125 cm³/mol. The van der Waals surface area contributed by atoms with Gasteiger partial charge in [-0.1, -0.05) is 36.4 Å². The summed E-state index contributed by atoms with van der Waals surface area (Å²) in [7, 11) is 0. The molecule has 0 saturated carbocycles. The van der Waals surface area contributed by atoms with Gasteiger partial charge in [0, 0.05) is 27.8 Å². The molecule has 2 aromatic heterocycles. The first-order valence-electron chi connectivity index (χ1n) is 9.06. The summed E-state index contributed by atoms with van der Waals surface area (Å²) < 4.78 is 2.86. The molecule has 19 heteroatoms. The van der Waals surface area contributed by atoms with Gasteiger partial charge < -0.3 is 42.1 Å². The second kappa shape index (κ2) is 15.9. The minimum atomic E-state index is -1.75. The van der Waals surface area contributed by atoms with Crippen LogP contribution >= 0.6 is 0 Å². The molecule has 0 aliphatic heterocycles. The molecule has 0 aliphatic carbocycles. The topological polar surface area (TPSA) is 292 Å². The Morgan fingerprint density at radius 3 is 1.35 bits per heavy atom. The summed E-state index contributed by atoms with van der Waals surface area (Å²) in [6.07, 6.45) is 6.60. The number of benzene rings is 2. The van der Waals surface area contributed by atoms with E-state index in [1.807, 2.05) is 48.5 Å². The summed E-state index contributed by atoms with van der Waals surface area (Å²) in [6, 6.07) is 15.1. The molecule has 195 valence electrons. The van der Waals surface area contributed by atoms with E-state index >= 15 is 0 Å². The second-order valence-corrected chi connectivity index (χ2v) is 5.82. The minimum Gasteiger partial charge on any atom is -0.367 e. The molecule has 0 saturated heterocycles. The molecule has 0 bridgehead atoms. The van der Waals surface area contributed by atoms with E-state index in [1.165, 1.54) is 9.36 Å². The van der Waals surface area contributed by atoms with Gasteiger partial charge in [-0.15, -0.1) is 9.98 Å². The summed E-state index contributed by atoms with van der Waals surface area (Å²) in [6.45, 7) is 0. The molecule has 18 nitrogen and oxygen atoms in total. The Morgan fingerprint density at radius 2 is 1.05 bits per heavy atom. The number of hydrogen-bond donors (Lipinski definition) is 2. The maximum Gasteiger partial charge on any atom is 0.232 e. The molecule has 0 aliphatic rings. The number of hydrogen-bond acceptors (Lipinski definition) is 12. The smallest absolute Gasteiger partial charge is 0.232 e. The van der Waals surface area contributed by atoms with Gasteiger partial charge in [-0.2, -0.15) is 30.1 Å². The molecule has 4 rings (SSSR count). The zero-order chi connectivity index (χ0) is 27.1. The molecule has 0 unspecified atom stereocenters. The molecule has 0 amide bonds. The quantitative estimate of drug-likeness (QED) is 0.0759. The zero-order valence-corrected chi connectivity index (χ0v) is 19.1. The molecule has 4 N–H and O–H groups in total. The van der Waals surface area contributed by atoms with E-state index in [2.05, 4.69) is 20.2 Å². The first-order valence-corrected chi connectivity index (χ1v) is 9.06. The van der Waals surface area contributed by atoms with Crippen molar-refractivity contribution in [2.45, 2.75) is 0 Å². The van der Waals surface area contributed by atoms with Gasteiger partial charge in [0.1, 0.15) is 0 Å². The van der Waals surface area contributed by atoms with Gasteiger partial charge in [0.25, 0.3) is 0 Å². The van der Waals surface area contributed by atoms with Crippen LogP contribution in [-0.4, -0.2) is 41.7 Å². The van der Waals surface area contributed by atoms with Crippen molar-refractivity contribution < 1.29 is 27.2 Å². The van der Waals surface area contributed by atoms with E-state index in [0.717, 1.165) is 21.8 Å². The van der Waals surface area contributed by atoms with Crippen LogP contribution in [0.2, 0.25) is 0 Å². The minimum absolute atomic E-state index is 0. The molecular weight excluding hydrogens is 544 g/mol. The molecule has 0 spiro atoms. The summed E-state index contributed by atoms with van der Waals surface area (Å²) in [5.41, 5.74) is 12.8. The molecule has 0 fully saturated rings. The van der Waals surface area contributed by atoms with Crippen LogP contribution in [0, 0.1) is 53.6 Å². The summed E-state index contributed by atoms with van der Waals surface area (Å²) in [5.74, 6) is 0.155. The largest absolute Gasteiger partial charge is 0.367 e. The van der Waals surface area contributed by atoms with Crippen molar-refractivity contribution >= 4 is 33.7 Å². The van der Waals surface area contributed by atoms with Crippen molar-refractivity contribution in [3.8, 4) is 12.4 Å².